The summed E-state index contributed by atoms with van der Waals surface area (Å²) >= 11 is 0. The molecule has 10 nitrogen and oxygen atoms in total. The lowest BCUT2D eigenvalue weighted by Gasteiger charge is -2.52. The third-order valence-corrected chi connectivity index (χ3v) is 6.77. The molecule has 4 aromatic rings. The molecule has 1 saturated heterocycles. The molecule has 3 heterocycles. The van der Waals surface area contributed by atoms with E-state index in [9.17, 15) is 4.79 Å². The number of rotatable bonds is 7. The molecule has 204 valence electrons. The molecule has 0 spiro atoms. The van der Waals surface area contributed by atoms with E-state index in [1.807, 2.05) is 70.4 Å². The van der Waals surface area contributed by atoms with E-state index in [1.54, 1.807) is 30.0 Å². The summed E-state index contributed by atoms with van der Waals surface area (Å²) in [6, 6.07) is 13.7. The number of benzene rings is 2. The molecule has 2 aromatic heterocycles. The predicted molar refractivity (Wildman–Crippen MR) is 146 cm³/mol. The Kier molecular flexibility index (Phi) is 6.90. The minimum atomic E-state index is -0.913. The number of nitrogens with zero attached hydrogens (tertiary/aromatic N) is 5. The second-order valence-corrected chi connectivity index (χ2v) is 10.5. The molecule has 0 aliphatic carbocycles. The lowest BCUT2D eigenvalue weighted by Crippen LogP contribution is -2.61. The zero-order valence-electron chi connectivity index (χ0n) is 23.1. The van der Waals surface area contributed by atoms with Crippen molar-refractivity contribution < 1.29 is 23.7 Å². The van der Waals surface area contributed by atoms with Crippen LogP contribution in [0.4, 0.5) is 4.79 Å². The smallest absolute Gasteiger partial charge is 0.411 e. The second kappa shape index (κ2) is 10.2. The highest BCUT2D eigenvalue weighted by Crippen LogP contribution is 2.50. The summed E-state index contributed by atoms with van der Waals surface area (Å²) in [4.78, 5) is 15.1. The van der Waals surface area contributed by atoms with Crippen LogP contribution in [0.1, 0.15) is 38.4 Å². The first-order valence-electron chi connectivity index (χ1n) is 12.7. The topological polar surface area (TPSA) is 101 Å². The summed E-state index contributed by atoms with van der Waals surface area (Å²) in [5, 5.41) is 14.0. The fourth-order valence-electron chi connectivity index (χ4n) is 5.05. The highest BCUT2D eigenvalue weighted by Gasteiger charge is 2.54. The van der Waals surface area contributed by atoms with Crippen molar-refractivity contribution in [3.8, 4) is 22.6 Å². The molecule has 2 aromatic carbocycles. The van der Waals surface area contributed by atoms with Crippen LogP contribution in [0.25, 0.3) is 22.0 Å². The zero-order valence-corrected chi connectivity index (χ0v) is 23.1. The summed E-state index contributed by atoms with van der Waals surface area (Å²) < 4.78 is 24.6. The van der Waals surface area contributed by atoms with Gasteiger partial charge in [0.1, 0.15) is 28.2 Å². The van der Waals surface area contributed by atoms with Crippen LogP contribution in [0, 0.1) is 0 Å². The molecule has 1 unspecified atom stereocenters. The van der Waals surface area contributed by atoms with Crippen LogP contribution < -0.4 is 9.47 Å². The largest absolute Gasteiger partial charge is 0.494 e. The van der Waals surface area contributed by atoms with Gasteiger partial charge in [0.05, 0.1) is 12.8 Å². The number of amides is 1. The number of aryl methyl sites for hydroxylation is 1. The summed E-state index contributed by atoms with van der Waals surface area (Å²) in [6.45, 7) is 6.09. The van der Waals surface area contributed by atoms with Crippen molar-refractivity contribution in [2.24, 2.45) is 7.05 Å². The Bertz CT molecular complexity index is 1500. The van der Waals surface area contributed by atoms with E-state index in [1.165, 1.54) is 0 Å². The van der Waals surface area contributed by atoms with Crippen molar-refractivity contribution in [3.05, 3.63) is 66.1 Å². The van der Waals surface area contributed by atoms with Gasteiger partial charge < -0.3 is 18.9 Å². The number of methoxy groups -OCH3 is 2. The molecule has 1 aliphatic rings. The average molecular weight is 532 g/mol. The van der Waals surface area contributed by atoms with Gasteiger partial charge in [-0.25, -0.2) is 4.79 Å². The summed E-state index contributed by atoms with van der Waals surface area (Å²) in [7, 11) is 5.08. The fraction of sp³-hybridized carbons (Fsp3) is 0.379. The molecule has 1 atom stereocenters. The number of likely N-dealkylation sites (tertiary alicyclic amines) is 1. The van der Waals surface area contributed by atoms with E-state index < -0.39 is 17.2 Å². The molecular weight excluding hydrogens is 498 g/mol. The Morgan fingerprint density at radius 1 is 1.08 bits per heavy atom. The van der Waals surface area contributed by atoms with Crippen LogP contribution in [-0.2, 0) is 22.1 Å². The van der Waals surface area contributed by atoms with Crippen molar-refractivity contribution in [2.75, 3.05) is 27.6 Å². The molecule has 39 heavy (non-hydrogen) atoms. The van der Waals surface area contributed by atoms with Crippen LogP contribution >= 0.6 is 0 Å². The van der Waals surface area contributed by atoms with Gasteiger partial charge in [0.2, 0.25) is 0 Å². The van der Waals surface area contributed by atoms with Gasteiger partial charge in [0.15, 0.2) is 6.79 Å². The molecule has 0 saturated carbocycles. The first kappa shape index (κ1) is 26.4. The Labute approximate surface area is 227 Å². The third-order valence-electron chi connectivity index (χ3n) is 6.77. The van der Waals surface area contributed by atoms with Crippen LogP contribution in [0.3, 0.4) is 0 Å². The average Bonchev–Trinajstić information content (AvgIpc) is 3.26. The normalized spacial score (nSPS) is 17.1. The minimum Gasteiger partial charge on any atom is -0.494 e. The summed E-state index contributed by atoms with van der Waals surface area (Å²) in [5.41, 5.74) is 2.48. The first-order chi connectivity index (χ1) is 18.7. The monoisotopic (exact) mass is 531 g/mol. The summed E-state index contributed by atoms with van der Waals surface area (Å²) in [6.07, 6.45) is 3.77. The van der Waals surface area contributed by atoms with E-state index in [0.29, 0.717) is 30.2 Å². The van der Waals surface area contributed by atoms with Crippen molar-refractivity contribution in [1.82, 2.24) is 24.9 Å². The SMILES string of the molecule is COCOc1cc(-c2cc(OC)c3nn(C)cc3c2)ccc1C1(c2cccnn2)CCN1C(=O)OC(C)(C)C. The van der Waals surface area contributed by atoms with Crippen molar-refractivity contribution in [2.45, 2.75) is 38.3 Å². The van der Waals surface area contributed by atoms with E-state index in [2.05, 4.69) is 21.4 Å². The molecule has 1 fully saturated rings. The van der Waals surface area contributed by atoms with Crippen LogP contribution in [0.15, 0.2) is 54.9 Å². The molecule has 0 radical (unpaired) electrons. The quantitative estimate of drug-likeness (QED) is 0.310. The lowest BCUT2D eigenvalue weighted by molar-refractivity contribution is -0.0350. The van der Waals surface area contributed by atoms with Gasteiger partial charge in [-0.3, -0.25) is 9.58 Å². The number of hydrogen-bond donors (Lipinski definition) is 0. The Balaban J connectivity index is 1.65. The Hall–Kier alpha value is -4.18. The number of aromatic nitrogens is 4. The van der Waals surface area contributed by atoms with E-state index in [0.717, 1.165) is 27.6 Å². The zero-order chi connectivity index (χ0) is 27.8. The van der Waals surface area contributed by atoms with Gasteiger partial charge in [0.25, 0.3) is 0 Å². The fourth-order valence-corrected chi connectivity index (χ4v) is 5.05. The first-order valence-corrected chi connectivity index (χ1v) is 12.7. The van der Waals surface area contributed by atoms with Gasteiger partial charge in [-0.2, -0.15) is 15.3 Å². The van der Waals surface area contributed by atoms with Gasteiger partial charge >= 0.3 is 6.09 Å². The molecule has 1 amide bonds. The third kappa shape index (κ3) is 4.87. The Morgan fingerprint density at radius 3 is 2.51 bits per heavy atom. The highest BCUT2D eigenvalue weighted by atomic mass is 16.7. The molecular formula is C29H33N5O5. The number of ether oxygens (including phenoxy) is 4. The number of carbonyl (C=O) groups excluding carboxylic acids is 1. The molecule has 0 N–H and O–H groups in total. The predicted octanol–water partition coefficient (Wildman–Crippen LogP) is 4.91. The van der Waals surface area contributed by atoms with Crippen LogP contribution in [0.2, 0.25) is 0 Å². The van der Waals surface area contributed by atoms with E-state index in [-0.39, 0.29) is 6.79 Å². The Morgan fingerprint density at radius 2 is 1.87 bits per heavy atom. The van der Waals surface area contributed by atoms with Crippen molar-refractivity contribution in [1.29, 1.82) is 0 Å². The maximum Gasteiger partial charge on any atom is 0.411 e. The number of fused-ring (bicyclic) bond motifs is 1. The molecule has 1 aliphatic heterocycles. The van der Waals surface area contributed by atoms with Gasteiger partial charge in [-0.05, 0) is 68.7 Å². The van der Waals surface area contributed by atoms with Crippen LogP contribution in [-0.4, -0.2) is 64.1 Å². The second-order valence-electron chi connectivity index (χ2n) is 10.5. The molecule has 0 bridgehead atoms. The van der Waals surface area contributed by atoms with Gasteiger partial charge in [0, 0.05) is 44.0 Å². The number of hydrogen-bond acceptors (Lipinski definition) is 8. The van der Waals surface area contributed by atoms with E-state index >= 15 is 0 Å². The molecule has 10 heteroatoms. The van der Waals surface area contributed by atoms with Crippen LogP contribution in [0.5, 0.6) is 11.5 Å². The minimum absolute atomic E-state index is 0.0321. The maximum absolute atomic E-state index is 13.4. The maximum atomic E-state index is 13.4. The van der Waals surface area contributed by atoms with E-state index in [4.69, 9.17) is 18.9 Å². The van der Waals surface area contributed by atoms with Gasteiger partial charge in [-0.1, -0.05) is 12.1 Å². The van der Waals surface area contributed by atoms with Crippen molar-refractivity contribution in [3.63, 3.8) is 0 Å². The summed E-state index contributed by atoms with van der Waals surface area (Å²) in [5.74, 6) is 1.25. The standard InChI is InChI=1S/C29H33N5O5/c1-28(2,3)39-27(35)34-13-11-29(34,25-8-7-12-30-31-25)22-10-9-19(15-23(22)38-18-36-5)20-14-21-17-33(4)32-26(21)24(16-20)37-6/h7-10,12,14-17H,11,13,18H2,1-6H3. The number of carbonyl (C=O) groups is 1. The molecule has 5 rings (SSSR count). The van der Waals surface area contributed by atoms with Crippen molar-refractivity contribution >= 4 is 17.0 Å². The lowest BCUT2D eigenvalue weighted by atomic mass is 9.74. The van der Waals surface area contributed by atoms with Gasteiger partial charge in [-0.15, -0.1) is 0 Å². The highest BCUT2D eigenvalue weighted by molar-refractivity contribution is 5.90.